The Bertz CT molecular complexity index is 1220. The van der Waals surface area contributed by atoms with E-state index in [1.54, 1.807) is 12.3 Å². The third kappa shape index (κ3) is 5.89. The lowest BCUT2D eigenvalue weighted by molar-refractivity contribution is 0.0728. The Morgan fingerprint density at radius 1 is 1.03 bits per heavy atom. The van der Waals surface area contributed by atoms with Gasteiger partial charge in [0.15, 0.2) is 5.69 Å². The van der Waals surface area contributed by atoms with E-state index in [0.29, 0.717) is 30.6 Å². The molecule has 0 aliphatic heterocycles. The summed E-state index contributed by atoms with van der Waals surface area (Å²) in [6.07, 6.45) is 6.10. The number of ether oxygens (including phenoxy) is 2. The van der Waals surface area contributed by atoms with Crippen molar-refractivity contribution < 1.29 is 14.3 Å². The van der Waals surface area contributed by atoms with Gasteiger partial charge in [-0.1, -0.05) is 19.9 Å². The fourth-order valence-electron chi connectivity index (χ4n) is 3.64. The molecule has 176 valence electrons. The van der Waals surface area contributed by atoms with Gasteiger partial charge in [-0.2, -0.15) is 4.98 Å². The topological polar surface area (TPSA) is 93.2 Å². The van der Waals surface area contributed by atoms with Crippen LogP contribution in [0.25, 0.3) is 10.9 Å². The Morgan fingerprint density at radius 3 is 2.65 bits per heavy atom. The predicted molar refractivity (Wildman–Crippen MR) is 132 cm³/mol. The van der Waals surface area contributed by atoms with Gasteiger partial charge in [-0.3, -0.25) is 4.98 Å². The van der Waals surface area contributed by atoms with E-state index in [0.717, 1.165) is 42.5 Å². The SMILES string of the molecule is CCCN(CCC)c1nc(OCCc2ccccn2)cc(C(=O)Oc2ccc3[nH]ccc3c2)n1. The number of hydrogen-bond acceptors (Lipinski definition) is 7. The van der Waals surface area contributed by atoms with Crippen molar-refractivity contribution in [1.82, 2.24) is 19.9 Å². The predicted octanol–water partition coefficient (Wildman–Crippen LogP) is 4.82. The number of pyridine rings is 1. The van der Waals surface area contributed by atoms with E-state index >= 15 is 0 Å². The van der Waals surface area contributed by atoms with E-state index in [-0.39, 0.29) is 5.69 Å². The molecule has 1 N–H and O–H groups in total. The summed E-state index contributed by atoms with van der Waals surface area (Å²) in [6, 6.07) is 14.7. The normalized spacial score (nSPS) is 10.9. The van der Waals surface area contributed by atoms with E-state index in [4.69, 9.17) is 9.47 Å². The van der Waals surface area contributed by atoms with Crippen LogP contribution in [0.3, 0.4) is 0 Å². The van der Waals surface area contributed by atoms with Gasteiger partial charge in [-0.15, -0.1) is 0 Å². The summed E-state index contributed by atoms with van der Waals surface area (Å²) in [4.78, 5) is 31.6. The minimum absolute atomic E-state index is 0.157. The van der Waals surface area contributed by atoms with Crippen LogP contribution in [-0.4, -0.2) is 45.6 Å². The molecular weight excluding hydrogens is 430 g/mol. The summed E-state index contributed by atoms with van der Waals surface area (Å²) in [7, 11) is 0. The maximum absolute atomic E-state index is 13.0. The van der Waals surface area contributed by atoms with Crippen LogP contribution < -0.4 is 14.4 Å². The Kier molecular flexibility index (Phi) is 7.70. The molecule has 3 aromatic heterocycles. The molecule has 1 aromatic carbocycles. The number of esters is 1. The van der Waals surface area contributed by atoms with Crippen molar-refractivity contribution in [3.8, 4) is 11.6 Å². The van der Waals surface area contributed by atoms with Crippen LogP contribution in [-0.2, 0) is 6.42 Å². The molecule has 0 saturated heterocycles. The fourth-order valence-corrected chi connectivity index (χ4v) is 3.64. The van der Waals surface area contributed by atoms with Crippen molar-refractivity contribution in [2.45, 2.75) is 33.1 Å². The first-order valence-corrected chi connectivity index (χ1v) is 11.6. The molecular formula is C26H29N5O3. The number of rotatable bonds is 11. The number of aromatic amines is 1. The first-order chi connectivity index (χ1) is 16.7. The Labute approximate surface area is 199 Å². The van der Waals surface area contributed by atoms with E-state index in [1.807, 2.05) is 42.6 Å². The van der Waals surface area contributed by atoms with Gasteiger partial charge in [-0.05, 0) is 49.2 Å². The molecule has 0 atom stereocenters. The van der Waals surface area contributed by atoms with Crippen molar-refractivity contribution in [3.05, 3.63) is 72.3 Å². The maximum atomic E-state index is 13.0. The minimum Gasteiger partial charge on any atom is -0.477 e. The summed E-state index contributed by atoms with van der Waals surface area (Å²) in [5, 5.41) is 0.962. The van der Waals surface area contributed by atoms with Gasteiger partial charge in [0.1, 0.15) is 5.75 Å². The second-order valence-corrected chi connectivity index (χ2v) is 7.91. The van der Waals surface area contributed by atoms with Crippen molar-refractivity contribution in [1.29, 1.82) is 0 Å². The highest BCUT2D eigenvalue weighted by molar-refractivity contribution is 5.90. The third-order valence-electron chi connectivity index (χ3n) is 5.24. The standard InChI is InChI=1S/C26H29N5O3/c1-3-14-31(15-4-2)26-29-23(18-24(30-26)33-16-11-20-7-5-6-12-27-20)25(32)34-21-8-9-22-19(17-21)10-13-28-22/h5-10,12-13,17-18,28H,3-4,11,14-16H2,1-2H3. The highest BCUT2D eigenvalue weighted by Crippen LogP contribution is 2.22. The summed E-state index contributed by atoms with van der Waals surface area (Å²) < 4.78 is 11.5. The van der Waals surface area contributed by atoms with Crippen molar-refractivity contribution in [2.24, 2.45) is 0 Å². The zero-order chi connectivity index (χ0) is 23.8. The van der Waals surface area contributed by atoms with Gasteiger partial charge in [0.05, 0.1) is 6.61 Å². The Balaban J connectivity index is 1.56. The van der Waals surface area contributed by atoms with Crippen LogP contribution in [0.2, 0.25) is 0 Å². The lowest BCUT2D eigenvalue weighted by Gasteiger charge is -2.22. The van der Waals surface area contributed by atoms with Gasteiger partial charge in [0.25, 0.3) is 0 Å². The second-order valence-electron chi connectivity index (χ2n) is 7.91. The fraction of sp³-hybridized carbons (Fsp3) is 0.308. The number of H-pyrrole nitrogens is 1. The van der Waals surface area contributed by atoms with Gasteiger partial charge in [0, 0.05) is 54.6 Å². The number of hydrogen-bond donors (Lipinski definition) is 1. The van der Waals surface area contributed by atoms with Gasteiger partial charge >= 0.3 is 5.97 Å². The number of nitrogens with zero attached hydrogens (tertiary/aromatic N) is 4. The van der Waals surface area contributed by atoms with Crippen molar-refractivity contribution in [3.63, 3.8) is 0 Å². The minimum atomic E-state index is -0.555. The molecule has 0 aliphatic rings. The molecule has 0 aliphatic carbocycles. The molecule has 0 spiro atoms. The van der Waals surface area contributed by atoms with Gasteiger partial charge in [0.2, 0.25) is 11.8 Å². The molecule has 8 nitrogen and oxygen atoms in total. The van der Waals surface area contributed by atoms with Crippen LogP contribution in [0.5, 0.6) is 11.6 Å². The van der Waals surface area contributed by atoms with Crippen LogP contribution in [0.15, 0.2) is 60.9 Å². The first kappa shape index (κ1) is 23.2. The summed E-state index contributed by atoms with van der Waals surface area (Å²) in [5.74, 6) is 0.702. The lowest BCUT2D eigenvalue weighted by atomic mass is 10.2. The summed E-state index contributed by atoms with van der Waals surface area (Å²) in [6.45, 7) is 6.14. The molecule has 0 amide bonds. The number of fused-ring (bicyclic) bond motifs is 1. The monoisotopic (exact) mass is 459 g/mol. The zero-order valence-electron chi connectivity index (χ0n) is 19.5. The molecule has 34 heavy (non-hydrogen) atoms. The zero-order valence-corrected chi connectivity index (χ0v) is 19.5. The molecule has 4 rings (SSSR count). The molecule has 8 heteroatoms. The average molecular weight is 460 g/mol. The molecule has 0 radical (unpaired) electrons. The highest BCUT2D eigenvalue weighted by Gasteiger charge is 2.18. The average Bonchev–Trinajstić information content (AvgIpc) is 3.32. The van der Waals surface area contributed by atoms with Crippen LogP contribution in [0.4, 0.5) is 5.95 Å². The number of carbonyl (C=O) groups excluding carboxylic acids is 1. The largest absolute Gasteiger partial charge is 0.477 e. The Morgan fingerprint density at radius 2 is 1.88 bits per heavy atom. The first-order valence-electron chi connectivity index (χ1n) is 11.6. The maximum Gasteiger partial charge on any atom is 0.362 e. The van der Waals surface area contributed by atoms with E-state index in [2.05, 4.69) is 38.7 Å². The van der Waals surface area contributed by atoms with Crippen molar-refractivity contribution in [2.75, 3.05) is 24.6 Å². The lowest BCUT2D eigenvalue weighted by Crippen LogP contribution is -2.28. The number of nitrogens with one attached hydrogen (secondary N) is 1. The smallest absolute Gasteiger partial charge is 0.362 e. The third-order valence-corrected chi connectivity index (χ3v) is 5.24. The van der Waals surface area contributed by atoms with Gasteiger partial charge in [-0.25, -0.2) is 9.78 Å². The van der Waals surface area contributed by atoms with E-state index < -0.39 is 5.97 Å². The van der Waals surface area contributed by atoms with E-state index in [1.165, 1.54) is 6.07 Å². The molecule has 3 heterocycles. The molecule has 4 aromatic rings. The van der Waals surface area contributed by atoms with E-state index in [9.17, 15) is 4.79 Å². The number of anilines is 1. The molecule has 0 bridgehead atoms. The quantitative estimate of drug-likeness (QED) is 0.254. The van der Waals surface area contributed by atoms with Crippen LogP contribution in [0, 0.1) is 0 Å². The second kappa shape index (κ2) is 11.3. The van der Waals surface area contributed by atoms with Crippen LogP contribution >= 0.6 is 0 Å². The number of carbonyl (C=O) groups is 1. The summed E-state index contributed by atoms with van der Waals surface area (Å²) in [5.41, 5.74) is 2.06. The highest BCUT2D eigenvalue weighted by atomic mass is 16.5. The van der Waals surface area contributed by atoms with Crippen molar-refractivity contribution >= 4 is 22.8 Å². The van der Waals surface area contributed by atoms with Crippen LogP contribution in [0.1, 0.15) is 42.9 Å². The molecule has 0 unspecified atom stereocenters. The van der Waals surface area contributed by atoms with Gasteiger partial charge < -0.3 is 19.4 Å². The Hall–Kier alpha value is -3.94. The number of benzene rings is 1. The summed E-state index contributed by atoms with van der Waals surface area (Å²) >= 11 is 0. The number of aromatic nitrogens is 4. The molecule has 0 saturated carbocycles. The molecule has 0 fully saturated rings.